The lowest BCUT2D eigenvalue weighted by molar-refractivity contribution is -0.384. The van der Waals surface area contributed by atoms with Crippen LogP contribution in [0, 0.1) is 10.1 Å². The summed E-state index contributed by atoms with van der Waals surface area (Å²) in [4.78, 5) is 34.7. The third-order valence-corrected chi connectivity index (χ3v) is 3.96. The number of anilines is 1. The number of hydrogen-bond acceptors (Lipinski definition) is 6. The van der Waals surface area contributed by atoms with E-state index in [2.05, 4.69) is 5.32 Å². The zero-order valence-corrected chi connectivity index (χ0v) is 14.1. The molecule has 2 aromatic carbocycles. The number of nitro benzene ring substituents is 1. The van der Waals surface area contributed by atoms with Gasteiger partial charge in [-0.3, -0.25) is 19.7 Å². The third-order valence-electron chi connectivity index (χ3n) is 3.96. The molecule has 8 nitrogen and oxygen atoms in total. The van der Waals surface area contributed by atoms with Gasteiger partial charge in [-0.05, 0) is 38.1 Å². The molecule has 0 bridgehead atoms. The lowest BCUT2D eigenvalue weighted by atomic mass is 9.92. The molecule has 0 saturated heterocycles. The number of fused-ring (bicyclic) bond motifs is 1. The van der Waals surface area contributed by atoms with Crippen LogP contribution in [0.2, 0.25) is 0 Å². The molecular formula is C18H16N2O6. The molecule has 2 N–H and O–H groups in total. The van der Waals surface area contributed by atoms with E-state index in [4.69, 9.17) is 4.74 Å². The Morgan fingerprint density at radius 2 is 2.00 bits per heavy atom. The van der Waals surface area contributed by atoms with E-state index >= 15 is 0 Å². The predicted octanol–water partition coefficient (Wildman–Crippen LogP) is 3.30. The number of carbonyl (C=O) groups excluding carboxylic acids is 2. The maximum absolute atomic E-state index is 12.4. The van der Waals surface area contributed by atoms with Crippen LogP contribution >= 0.6 is 0 Å². The topological polar surface area (TPSA) is 119 Å². The number of nitrogens with one attached hydrogen (secondary N) is 1. The average molecular weight is 356 g/mol. The number of amides is 1. The number of phenolic OH excluding ortho intramolecular Hbond substituents is 1. The van der Waals surface area contributed by atoms with Gasteiger partial charge in [0.1, 0.15) is 17.1 Å². The van der Waals surface area contributed by atoms with Crippen LogP contribution in [0.1, 0.15) is 41.0 Å². The highest BCUT2D eigenvalue weighted by molar-refractivity contribution is 6.08. The van der Waals surface area contributed by atoms with Gasteiger partial charge < -0.3 is 15.2 Å². The Balaban J connectivity index is 1.85. The molecule has 1 aliphatic heterocycles. The van der Waals surface area contributed by atoms with Crippen molar-refractivity contribution in [3.8, 4) is 11.5 Å². The van der Waals surface area contributed by atoms with Crippen LogP contribution < -0.4 is 10.1 Å². The van der Waals surface area contributed by atoms with Crippen LogP contribution in [0.4, 0.5) is 11.4 Å². The van der Waals surface area contributed by atoms with Crippen molar-refractivity contribution in [2.45, 2.75) is 25.9 Å². The van der Waals surface area contributed by atoms with Gasteiger partial charge in [-0.15, -0.1) is 0 Å². The van der Waals surface area contributed by atoms with Crippen LogP contribution in [0.5, 0.6) is 11.5 Å². The largest absolute Gasteiger partial charge is 0.506 e. The Morgan fingerprint density at radius 3 is 2.65 bits per heavy atom. The van der Waals surface area contributed by atoms with Crippen molar-refractivity contribution < 1.29 is 24.4 Å². The number of nitrogens with zero attached hydrogens (tertiary/aromatic N) is 1. The molecule has 0 unspecified atom stereocenters. The highest BCUT2D eigenvalue weighted by Crippen LogP contribution is 2.34. The molecule has 134 valence electrons. The van der Waals surface area contributed by atoms with E-state index in [1.54, 1.807) is 6.07 Å². The summed E-state index contributed by atoms with van der Waals surface area (Å²) in [7, 11) is 0. The fraction of sp³-hybridized carbons (Fsp3) is 0.222. The zero-order valence-electron chi connectivity index (χ0n) is 14.1. The van der Waals surface area contributed by atoms with Gasteiger partial charge in [-0.1, -0.05) is 0 Å². The first-order valence-electron chi connectivity index (χ1n) is 7.81. The molecule has 1 aliphatic rings. The van der Waals surface area contributed by atoms with Gasteiger partial charge >= 0.3 is 0 Å². The first-order valence-corrected chi connectivity index (χ1v) is 7.81. The van der Waals surface area contributed by atoms with E-state index in [1.165, 1.54) is 24.3 Å². The van der Waals surface area contributed by atoms with E-state index in [1.807, 2.05) is 13.8 Å². The van der Waals surface area contributed by atoms with Crippen molar-refractivity contribution in [2.75, 3.05) is 5.32 Å². The Kier molecular flexibility index (Phi) is 4.11. The number of benzene rings is 2. The van der Waals surface area contributed by atoms with Crippen molar-refractivity contribution >= 4 is 23.1 Å². The summed E-state index contributed by atoms with van der Waals surface area (Å²) in [6, 6.07) is 7.85. The van der Waals surface area contributed by atoms with Crippen molar-refractivity contribution in [3.05, 3.63) is 57.6 Å². The molecule has 1 amide bonds. The molecule has 3 rings (SSSR count). The van der Waals surface area contributed by atoms with Crippen LogP contribution in [-0.2, 0) is 0 Å². The summed E-state index contributed by atoms with van der Waals surface area (Å²) in [5.74, 6) is -0.689. The van der Waals surface area contributed by atoms with Crippen molar-refractivity contribution in [1.82, 2.24) is 0 Å². The van der Waals surface area contributed by atoms with E-state index in [0.717, 1.165) is 6.07 Å². The minimum Gasteiger partial charge on any atom is -0.506 e. The number of rotatable bonds is 3. The maximum Gasteiger partial charge on any atom is 0.273 e. The molecule has 0 aliphatic carbocycles. The van der Waals surface area contributed by atoms with Crippen molar-refractivity contribution in [2.24, 2.45) is 0 Å². The SMILES string of the molecule is CC1(C)CC(=O)c2cc(C(=O)Nc3ccc([N+](=O)[O-])cc3O)ccc2O1. The molecule has 0 fully saturated rings. The van der Waals surface area contributed by atoms with E-state index in [-0.39, 0.29) is 29.1 Å². The normalized spacial score (nSPS) is 14.9. The van der Waals surface area contributed by atoms with Crippen molar-refractivity contribution in [3.63, 3.8) is 0 Å². The van der Waals surface area contributed by atoms with E-state index < -0.39 is 22.2 Å². The first kappa shape index (κ1) is 17.4. The summed E-state index contributed by atoms with van der Waals surface area (Å²) >= 11 is 0. The number of nitro groups is 1. The maximum atomic E-state index is 12.4. The minimum atomic E-state index is -0.651. The quantitative estimate of drug-likeness (QED) is 0.495. The van der Waals surface area contributed by atoms with Gasteiger partial charge in [-0.2, -0.15) is 0 Å². The Labute approximate surface area is 148 Å². The number of carbonyl (C=O) groups is 2. The number of hydrogen-bond donors (Lipinski definition) is 2. The second kappa shape index (κ2) is 6.14. The highest BCUT2D eigenvalue weighted by Gasteiger charge is 2.32. The number of phenols is 1. The second-order valence-electron chi connectivity index (χ2n) is 6.59. The Morgan fingerprint density at radius 1 is 1.27 bits per heavy atom. The minimum absolute atomic E-state index is 0.0297. The molecule has 0 atom stereocenters. The standard InChI is InChI=1S/C18H16N2O6/c1-18(2)9-15(22)12-7-10(3-6-16(12)26-18)17(23)19-13-5-4-11(20(24)25)8-14(13)21/h3-8,21H,9H2,1-2H3,(H,19,23). The number of ketones is 1. The van der Waals surface area contributed by atoms with E-state index in [9.17, 15) is 24.8 Å². The fourth-order valence-electron chi connectivity index (χ4n) is 2.73. The second-order valence-corrected chi connectivity index (χ2v) is 6.59. The van der Waals surface area contributed by atoms with Gasteiger partial charge in [0.15, 0.2) is 5.78 Å². The molecule has 8 heteroatoms. The van der Waals surface area contributed by atoms with Gasteiger partial charge in [0, 0.05) is 11.6 Å². The molecule has 0 aromatic heterocycles. The molecule has 1 heterocycles. The predicted molar refractivity (Wildman–Crippen MR) is 92.8 cm³/mol. The highest BCUT2D eigenvalue weighted by atomic mass is 16.6. The summed E-state index contributed by atoms with van der Waals surface area (Å²) in [6.07, 6.45) is 0.203. The summed E-state index contributed by atoms with van der Waals surface area (Å²) in [6.45, 7) is 3.62. The lowest BCUT2D eigenvalue weighted by Crippen LogP contribution is -2.36. The average Bonchev–Trinajstić information content (AvgIpc) is 2.55. The number of ether oxygens (including phenoxy) is 1. The Hall–Kier alpha value is -3.42. The van der Waals surface area contributed by atoms with Crippen molar-refractivity contribution in [1.29, 1.82) is 0 Å². The van der Waals surface area contributed by atoms with Crippen LogP contribution in [0.25, 0.3) is 0 Å². The zero-order chi connectivity index (χ0) is 19.1. The van der Waals surface area contributed by atoms with E-state index in [0.29, 0.717) is 11.3 Å². The van der Waals surface area contributed by atoms with Gasteiger partial charge in [-0.25, -0.2) is 0 Å². The monoisotopic (exact) mass is 356 g/mol. The summed E-state index contributed by atoms with van der Waals surface area (Å²) in [5, 5.41) is 23.0. The lowest BCUT2D eigenvalue weighted by Gasteiger charge is -2.31. The summed E-state index contributed by atoms with van der Waals surface area (Å²) in [5.41, 5.74) is -0.331. The number of aromatic hydroxyl groups is 1. The number of Topliss-reactive ketones (excluding diaryl/α,β-unsaturated/α-hetero) is 1. The van der Waals surface area contributed by atoms with Crippen LogP contribution in [0.15, 0.2) is 36.4 Å². The van der Waals surface area contributed by atoms with Gasteiger partial charge in [0.05, 0.1) is 28.7 Å². The van der Waals surface area contributed by atoms with Gasteiger partial charge in [0.2, 0.25) is 0 Å². The van der Waals surface area contributed by atoms with Crippen LogP contribution in [-0.4, -0.2) is 27.3 Å². The smallest absolute Gasteiger partial charge is 0.273 e. The summed E-state index contributed by atoms with van der Waals surface area (Å²) < 4.78 is 5.74. The molecule has 0 spiro atoms. The number of non-ortho nitro benzene ring substituents is 1. The molecular weight excluding hydrogens is 340 g/mol. The van der Waals surface area contributed by atoms with Gasteiger partial charge in [0.25, 0.3) is 11.6 Å². The first-order chi connectivity index (χ1) is 12.2. The fourth-order valence-corrected chi connectivity index (χ4v) is 2.73. The molecule has 0 radical (unpaired) electrons. The molecule has 0 saturated carbocycles. The van der Waals surface area contributed by atoms with Crippen LogP contribution in [0.3, 0.4) is 0 Å². The molecule has 26 heavy (non-hydrogen) atoms. The Bertz CT molecular complexity index is 935. The third kappa shape index (κ3) is 3.34. The molecule has 2 aromatic rings.